The molecule has 2 rings (SSSR count). The first-order valence-corrected chi connectivity index (χ1v) is 7.95. The lowest BCUT2D eigenvalue weighted by Crippen LogP contribution is -2.38. The van der Waals surface area contributed by atoms with Crippen LogP contribution in [0, 0.1) is 5.92 Å². The third-order valence-electron chi connectivity index (χ3n) is 4.23. The summed E-state index contributed by atoms with van der Waals surface area (Å²) in [6.45, 7) is 5.55. The lowest BCUT2D eigenvalue weighted by Gasteiger charge is -2.28. The van der Waals surface area contributed by atoms with Crippen molar-refractivity contribution in [3.8, 4) is 0 Å². The van der Waals surface area contributed by atoms with E-state index in [0.29, 0.717) is 0 Å². The van der Waals surface area contributed by atoms with Gasteiger partial charge < -0.3 is 10.6 Å². The van der Waals surface area contributed by atoms with E-state index in [1.807, 2.05) is 18.2 Å². The minimum absolute atomic E-state index is 0.0298. The van der Waals surface area contributed by atoms with Gasteiger partial charge in [0.15, 0.2) is 0 Å². The van der Waals surface area contributed by atoms with E-state index in [9.17, 15) is 9.59 Å². The van der Waals surface area contributed by atoms with Crippen LogP contribution >= 0.6 is 0 Å². The van der Waals surface area contributed by atoms with Gasteiger partial charge in [0.05, 0.1) is 0 Å². The number of benzene rings is 1. The van der Waals surface area contributed by atoms with Crippen LogP contribution in [0.4, 0.5) is 5.69 Å². The molecule has 4 nitrogen and oxygen atoms in total. The lowest BCUT2D eigenvalue weighted by molar-refractivity contribution is -0.121. The van der Waals surface area contributed by atoms with Crippen molar-refractivity contribution < 1.29 is 9.59 Å². The van der Waals surface area contributed by atoms with Gasteiger partial charge in [-0.25, -0.2) is 0 Å². The molecule has 1 aromatic rings. The van der Waals surface area contributed by atoms with E-state index in [0.717, 1.165) is 37.8 Å². The average molecular weight is 300 g/mol. The van der Waals surface area contributed by atoms with Crippen LogP contribution in [0.5, 0.6) is 0 Å². The molecule has 0 bridgehead atoms. The highest BCUT2D eigenvalue weighted by Gasteiger charge is 2.26. The average Bonchev–Trinajstić information content (AvgIpc) is 2.55. The quantitative estimate of drug-likeness (QED) is 0.821. The molecule has 0 spiro atoms. The Morgan fingerprint density at radius 2 is 2.00 bits per heavy atom. The minimum atomic E-state index is -0.135. The van der Waals surface area contributed by atoms with Gasteiger partial charge in [-0.05, 0) is 55.9 Å². The molecule has 0 aliphatic heterocycles. The Kier molecular flexibility index (Phi) is 5.75. The van der Waals surface area contributed by atoms with Gasteiger partial charge in [0, 0.05) is 17.6 Å². The molecule has 1 fully saturated rings. The molecule has 2 amide bonds. The molecule has 1 aliphatic rings. The zero-order valence-electron chi connectivity index (χ0n) is 13.1. The molecule has 1 aliphatic carbocycles. The van der Waals surface area contributed by atoms with Crippen LogP contribution in [0.2, 0.25) is 0 Å². The van der Waals surface area contributed by atoms with E-state index in [4.69, 9.17) is 0 Å². The van der Waals surface area contributed by atoms with Crippen molar-refractivity contribution in [2.45, 2.75) is 45.1 Å². The Hall–Kier alpha value is -2.10. The van der Waals surface area contributed by atoms with Crippen molar-refractivity contribution in [3.05, 3.63) is 42.5 Å². The summed E-state index contributed by atoms with van der Waals surface area (Å²) >= 11 is 0. The number of aryl methyl sites for hydroxylation is 1. The number of nitrogens with one attached hydrogen (secondary N) is 2. The number of hydrogen-bond donors (Lipinski definition) is 2. The number of amides is 2. The number of carbonyl (C=O) groups excluding carboxylic acids is 2. The molecular formula is C18H24N2O2. The summed E-state index contributed by atoms with van der Waals surface area (Å²) in [6.07, 6.45) is 5.54. The Balaban J connectivity index is 1.84. The van der Waals surface area contributed by atoms with Crippen molar-refractivity contribution in [1.29, 1.82) is 0 Å². The van der Waals surface area contributed by atoms with Crippen molar-refractivity contribution in [1.82, 2.24) is 5.32 Å². The van der Waals surface area contributed by atoms with Crippen LogP contribution in [0.25, 0.3) is 0 Å². The maximum atomic E-state index is 12.3. The standard InChI is InChI=1S/C18H24N2O2/c1-3-13-6-5-7-16(12-13)20-18(22)14-8-10-15(11-9-14)19-17(21)4-2/h4-7,12,14-15H,2-3,8-11H2,1H3,(H,19,21)(H,20,22). The van der Waals surface area contributed by atoms with Gasteiger partial charge in [-0.2, -0.15) is 0 Å². The summed E-state index contributed by atoms with van der Waals surface area (Å²) in [5, 5.41) is 5.91. The lowest BCUT2D eigenvalue weighted by atomic mass is 9.85. The largest absolute Gasteiger partial charge is 0.350 e. The van der Waals surface area contributed by atoms with Crippen LogP contribution in [0.15, 0.2) is 36.9 Å². The predicted molar refractivity (Wildman–Crippen MR) is 88.5 cm³/mol. The second kappa shape index (κ2) is 7.78. The van der Waals surface area contributed by atoms with Gasteiger partial charge >= 0.3 is 0 Å². The topological polar surface area (TPSA) is 58.2 Å². The molecular weight excluding hydrogens is 276 g/mol. The SMILES string of the molecule is C=CC(=O)NC1CCC(C(=O)Nc2cccc(CC)c2)CC1. The minimum Gasteiger partial charge on any atom is -0.350 e. The molecule has 0 heterocycles. The Bertz CT molecular complexity index is 546. The molecule has 0 atom stereocenters. The number of rotatable bonds is 5. The van der Waals surface area contributed by atoms with E-state index >= 15 is 0 Å². The summed E-state index contributed by atoms with van der Waals surface area (Å²) in [7, 11) is 0. The van der Waals surface area contributed by atoms with Crippen LogP contribution in [-0.2, 0) is 16.0 Å². The normalized spacial score (nSPS) is 21.0. The predicted octanol–water partition coefficient (Wildman–Crippen LogP) is 3.05. The Labute approximate surface area is 132 Å². The zero-order valence-corrected chi connectivity index (χ0v) is 13.1. The summed E-state index contributed by atoms with van der Waals surface area (Å²) < 4.78 is 0. The van der Waals surface area contributed by atoms with Gasteiger partial charge in [-0.1, -0.05) is 25.6 Å². The summed E-state index contributed by atoms with van der Waals surface area (Å²) in [4.78, 5) is 23.6. The van der Waals surface area contributed by atoms with E-state index in [2.05, 4.69) is 30.2 Å². The summed E-state index contributed by atoms with van der Waals surface area (Å²) in [6, 6.07) is 8.14. The third-order valence-corrected chi connectivity index (χ3v) is 4.23. The molecule has 1 aromatic carbocycles. The van der Waals surface area contributed by atoms with Gasteiger partial charge in [0.2, 0.25) is 11.8 Å². The molecule has 0 aromatic heterocycles. The van der Waals surface area contributed by atoms with Crippen LogP contribution in [0.3, 0.4) is 0 Å². The summed E-state index contributed by atoms with van der Waals surface area (Å²) in [5.41, 5.74) is 2.08. The summed E-state index contributed by atoms with van der Waals surface area (Å²) in [5.74, 6) is -0.0202. The van der Waals surface area contributed by atoms with Crippen LogP contribution in [-0.4, -0.2) is 17.9 Å². The van der Waals surface area contributed by atoms with Crippen molar-refractivity contribution in [2.24, 2.45) is 5.92 Å². The van der Waals surface area contributed by atoms with E-state index in [1.54, 1.807) is 0 Å². The van der Waals surface area contributed by atoms with E-state index in [1.165, 1.54) is 11.6 Å². The van der Waals surface area contributed by atoms with Crippen molar-refractivity contribution >= 4 is 17.5 Å². The highest BCUT2D eigenvalue weighted by atomic mass is 16.2. The molecule has 0 saturated heterocycles. The second-order valence-corrected chi connectivity index (χ2v) is 5.80. The van der Waals surface area contributed by atoms with Crippen molar-refractivity contribution in [2.75, 3.05) is 5.32 Å². The van der Waals surface area contributed by atoms with E-state index in [-0.39, 0.29) is 23.8 Å². The maximum Gasteiger partial charge on any atom is 0.243 e. The highest BCUT2D eigenvalue weighted by molar-refractivity contribution is 5.92. The van der Waals surface area contributed by atoms with Gasteiger partial charge in [-0.15, -0.1) is 0 Å². The number of anilines is 1. The first-order chi connectivity index (χ1) is 10.6. The molecule has 0 radical (unpaired) electrons. The Morgan fingerprint density at radius 1 is 1.27 bits per heavy atom. The van der Waals surface area contributed by atoms with Crippen molar-refractivity contribution in [3.63, 3.8) is 0 Å². The fourth-order valence-corrected chi connectivity index (χ4v) is 2.87. The zero-order chi connectivity index (χ0) is 15.9. The first kappa shape index (κ1) is 16.3. The monoisotopic (exact) mass is 300 g/mol. The second-order valence-electron chi connectivity index (χ2n) is 5.80. The maximum absolute atomic E-state index is 12.3. The highest BCUT2D eigenvalue weighted by Crippen LogP contribution is 2.26. The van der Waals surface area contributed by atoms with Gasteiger partial charge in [0.1, 0.15) is 0 Å². The van der Waals surface area contributed by atoms with Gasteiger partial charge in [-0.3, -0.25) is 9.59 Å². The number of hydrogen-bond acceptors (Lipinski definition) is 2. The molecule has 2 N–H and O–H groups in total. The fourth-order valence-electron chi connectivity index (χ4n) is 2.87. The van der Waals surface area contributed by atoms with E-state index < -0.39 is 0 Å². The molecule has 118 valence electrons. The smallest absolute Gasteiger partial charge is 0.243 e. The fraction of sp³-hybridized carbons (Fsp3) is 0.444. The van der Waals surface area contributed by atoms with Crippen LogP contribution < -0.4 is 10.6 Å². The molecule has 0 unspecified atom stereocenters. The van der Waals surface area contributed by atoms with Crippen LogP contribution in [0.1, 0.15) is 38.2 Å². The number of carbonyl (C=O) groups is 2. The Morgan fingerprint density at radius 3 is 2.64 bits per heavy atom. The first-order valence-electron chi connectivity index (χ1n) is 7.95. The van der Waals surface area contributed by atoms with Gasteiger partial charge in [0.25, 0.3) is 0 Å². The third kappa shape index (κ3) is 4.45. The molecule has 1 saturated carbocycles. The molecule has 22 heavy (non-hydrogen) atoms. The molecule has 4 heteroatoms.